The van der Waals surface area contributed by atoms with Gasteiger partial charge < -0.3 is 24.8 Å². The summed E-state index contributed by atoms with van der Waals surface area (Å²) in [5, 5.41) is 5.32. The summed E-state index contributed by atoms with van der Waals surface area (Å²) in [6, 6.07) is 21.3. The zero-order chi connectivity index (χ0) is 24.3. The Morgan fingerprint density at radius 2 is 1.32 bits per heavy atom. The molecule has 2 amide bonds. The second-order valence-corrected chi connectivity index (χ2v) is 7.38. The van der Waals surface area contributed by atoms with Crippen LogP contribution in [0.5, 0.6) is 17.2 Å². The predicted octanol–water partition coefficient (Wildman–Crippen LogP) is 4.70. The maximum Gasteiger partial charge on any atom is 0.306 e. The fraction of sp³-hybridized carbons (Fsp3) is 0.192. The van der Waals surface area contributed by atoms with E-state index in [0.29, 0.717) is 22.9 Å². The van der Waals surface area contributed by atoms with Crippen molar-refractivity contribution in [3.05, 3.63) is 78.4 Å². The van der Waals surface area contributed by atoms with Crippen molar-refractivity contribution in [1.29, 1.82) is 0 Å². The van der Waals surface area contributed by atoms with E-state index in [0.717, 1.165) is 11.3 Å². The molecule has 0 bridgehead atoms. The molecule has 0 saturated carbocycles. The summed E-state index contributed by atoms with van der Waals surface area (Å²) in [5.41, 5.74) is 2.15. The number of aryl methyl sites for hydroxylation is 1. The van der Waals surface area contributed by atoms with Crippen molar-refractivity contribution >= 4 is 29.2 Å². The highest BCUT2D eigenvalue weighted by Crippen LogP contribution is 2.25. The van der Waals surface area contributed by atoms with E-state index >= 15 is 0 Å². The fourth-order valence-corrected chi connectivity index (χ4v) is 2.93. The molecule has 176 valence electrons. The molecule has 3 aromatic rings. The van der Waals surface area contributed by atoms with Gasteiger partial charge in [-0.2, -0.15) is 0 Å². The van der Waals surface area contributed by atoms with Gasteiger partial charge in [0.2, 0.25) is 5.91 Å². The van der Waals surface area contributed by atoms with Crippen LogP contribution in [-0.4, -0.2) is 31.5 Å². The Kier molecular flexibility index (Phi) is 8.62. The van der Waals surface area contributed by atoms with Crippen molar-refractivity contribution in [2.45, 2.75) is 19.8 Å². The molecule has 3 rings (SSSR count). The minimum absolute atomic E-state index is 0.0691. The number of hydrogen-bond donors (Lipinski definition) is 2. The van der Waals surface area contributed by atoms with Crippen molar-refractivity contribution in [1.82, 2.24) is 0 Å². The summed E-state index contributed by atoms with van der Waals surface area (Å²) < 4.78 is 15.8. The average molecular weight is 463 g/mol. The Bertz CT molecular complexity index is 1130. The zero-order valence-corrected chi connectivity index (χ0v) is 19.0. The molecule has 0 saturated heterocycles. The Morgan fingerprint density at radius 3 is 1.94 bits per heavy atom. The number of anilines is 2. The molecular weight excluding hydrogens is 436 g/mol. The lowest BCUT2D eigenvalue weighted by Gasteiger charge is -2.10. The normalized spacial score (nSPS) is 10.2. The first-order chi connectivity index (χ1) is 16.4. The predicted molar refractivity (Wildman–Crippen MR) is 128 cm³/mol. The number of amides is 2. The van der Waals surface area contributed by atoms with Crippen molar-refractivity contribution in [2.24, 2.45) is 0 Å². The highest BCUT2D eigenvalue weighted by molar-refractivity contribution is 5.94. The first kappa shape index (κ1) is 24.3. The molecule has 0 aliphatic rings. The number of benzene rings is 3. The van der Waals surface area contributed by atoms with Gasteiger partial charge >= 0.3 is 5.97 Å². The summed E-state index contributed by atoms with van der Waals surface area (Å²) in [6.07, 6.45) is -0.212. The minimum atomic E-state index is -0.637. The first-order valence-corrected chi connectivity index (χ1v) is 10.7. The number of ether oxygens (including phenoxy) is 3. The van der Waals surface area contributed by atoms with Gasteiger partial charge in [-0.25, -0.2) is 0 Å². The number of carbonyl (C=O) groups is 3. The fourth-order valence-electron chi connectivity index (χ4n) is 2.93. The van der Waals surface area contributed by atoms with Gasteiger partial charge in [-0.1, -0.05) is 18.2 Å². The van der Waals surface area contributed by atoms with Gasteiger partial charge in [-0.15, -0.1) is 0 Å². The number of nitrogens with one attached hydrogen (secondary N) is 2. The monoisotopic (exact) mass is 462 g/mol. The maximum absolute atomic E-state index is 12.1. The second-order valence-electron chi connectivity index (χ2n) is 7.38. The van der Waals surface area contributed by atoms with E-state index in [1.165, 1.54) is 0 Å². The lowest BCUT2D eigenvalue weighted by atomic mass is 10.2. The van der Waals surface area contributed by atoms with Gasteiger partial charge in [-0.05, 0) is 67.1 Å². The summed E-state index contributed by atoms with van der Waals surface area (Å²) in [6.45, 7) is 1.52. The largest absolute Gasteiger partial charge is 0.497 e. The van der Waals surface area contributed by atoms with Crippen LogP contribution in [0.15, 0.2) is 72.8 Å². The highest BCUT2D eigenvalue weighted by Gasteiger charge is 2.11. The van der Waals surface area contributed by atoms with Crippen LogP contribution in [0, 0.1) is 6.92 Å². The quantitative estimate of drug-likeness (QED) is 0.424. The van der Waals surface area contributed by atoms with E-state index in [-0.39, 0.29) is 18.7 Å². The van der Waals surface area contributed by atoms with Crippen LogP contribution in [0.1, 0.15) is 18.4 Å². The number of hydrogen-bond acceptors (Lipinski definition) is 6. The van der Waals surface area contributed by atoms with Crippen LogP contribution in [0.2, 0.25) is 0 Å². The molecule has 8 heteroatoms. The molecule has 0 spiro atoms. The van der Waals surface area contributed by atoms with E-state index in [1.54, 1.807) is 55.6 Å². The molecule has 0 fully saturated rings. The smallest absolute Gasteiger partial charge is 0.306 e. The SMILES string of the molecule is COc1ccc(NC(=O)COC(=O)CCC(=O)Nc2ccc(Oc3ccccc3C)cc2)cc1. The highest BCUT2D eigenvalue weighted by atomic mass is 16.5. The molecule has 0 unspecified atom stereocenters. The third kappa shape index (κ3) is 7.67. The third-order valence-electron chi connectivity index (χ3n) is 4.75. The summed E-state index contributed by atoms with van der Waals surface area (Å²) >= 11 is 0. The molecule has 0 radical (unpaired) electrons. The molecule has 0 aliphatic heterocycles. The van der Waals surface area contributed by atoms with E-state index in [1.807, 2.05) is 31.2 Å². The first-order valence-electron chi connectivity index (χ1n) is 10.7. The molecule has 2 N–H and O–H groups in total. The van der Waals surface area contributed by atoms with Gasteiger partial charge in [0, 0.05) is 17.8 Å². The number of para-hydroxylation sites is 1. The van der Waals surface area contributed by atoms with E-state index in [9.17, 15) is 14.4 Å². The van der Waals surface area contributed by atoms with E-state index in [2.05, 4.69) is 10.6 Å². The molecule has 3 aromatic carbocycles. The number of methoxy groups -OCH3 is 1. The summed E-state index contributed by atoms with van der Waals surface area (Å²) in [4.78, 5) is 35.9. The standard InChI is InChI=1S/C26H26N2O6/c1-18-5-3-4-6-23(18)34-22-13-9-19(10-14-22)27-24(29)15-16-26(31)33-17-25(30)28-20-7-11-21(32-2)12-8-20/h3-14H,15-17H2,1-2H3,(H,27,29)(H,28,30). The van der Waals surface area contributed by atoms with Crippen LogP contribution < -0.4 is 20.1 Å². The van der Waals surface area contributed by atoms with Gasteiger partial charge in [0.25, 0.3) is 5.91 Å². The van der Waals surface area contributed by atoms with Gasteiger partial charge in [-0.3, -0.25) is 14.4 Å². The summed E-state index contributed by atoms with van der Waals surface area (Å²) in [7, 11) is 1.55. The van der Waals surface area contributed by atoms with Crippen LogP contribution in [0.25, 0.3) is 0 Å². The minimum Gasteiger partial charge on any atom is -0.497 e. The number of esters is 1. The summed E-state index contributed by atoms with van der Waals surface area (Å²) in [5.74, 6) is 0.610. The zero-order valence-electron chi connectivity index (χ0n) is 19.0. The van der Waals surface area contributed by atoms with Gasteiger partial charge in [0.1, 0.15) is 17.2 Å². The third-order valence-corrected chi connectivity index (χ3v) is 4.75. The van der Waals surface area contributed by atoms with Crippen LogP contribution in [-0.2, 0) is 19.1 Å². The molecule has 0 aliphatic carbocycles. The molecule has 0 atom stereocenters. The van der Waals surface area contributed by atoms with Gasteiger partial charge in [0.05, 0.1) is 13.5 Å². The van der Waals surface area contributed by atoms with Gasteiger partial charge in [0.15, 0.2) is 6.61 Å². The molecule has 0 aromatic heterocycles. The van der Waals surface area contributed by atoms with Crippen LogP contribution >= 0.6 is 0 Å². The second kappa shape index (κ2) is 12.1. The molecule has 8 nitrogen and oxygen atoms in total. The van der Waals surface area contributed by atoms with Crippen LogP contribution in [0.3, 0.4) is 0 Å². The lowest BCUT2D eigenvalue weighted by molar-refractivity contribution is -0.147. The van der Waals surface area contributed by atoms with E-state index < -0.39 is 18.5 Å². The number of carbonyl (C=O) groups excluding carboxylic acids is 3. The molecular formula is C26H26N2O6. The Balaban J connectivity index is 1.36. The van der Waals surface area contributed by atoms with Crippen molar-refractivity contribution in [2.75, 3.05) is 24.4 Å². The Labute approximate surface area is 197 Å². The molecule has 0 heterocycles. The maximum atomic E-state index is 12.1. The average Bonchev–Trinajstić information content (AvgIpc) is 2.84. The van der Waals surface area contributed by atoms with Crippen LogP contribution in [0.4, 0.5) is 11.4 Å². The molecule has 34 heavy (non-hydrogen) atoms. The number of rotatable bonds is 10. The van der Waals surface area contributed by atoms with Crippen molar-refractivity contribution in [3.63, 3.8) is 0 Å². The van der Waals surface area contributed by atoms with Crippen molar-refractivity contribution < 1.29 is 28.6 Å². The Hall–Kier alpha value is -4.33. The Morgan fingerprint density at radius 1 is 0.735 bits per heavy atom. The van der Waals surface area contributed by atoms with E-state index in [4.69, 9.17) is 14.2 Å². The van der Waals surface area contributed by atoms with Crippen molar-refractivity contribution in [3.8, 4) is 17.2 Å². The topological polar surface area (TPSA) is 103 Å². The lowest BCUT2D eigenvalue weighted by Crippen LogP contribution is -2.21.